The van der Waals surface area contributed by atoms with Gasteiger partial charge < -0.3 is 10.6 Å². The van der Waals surface area contributed by atoms with Crippen molar-refractivity contribution >= 4 is 17.5 Å². The van der Waals surface area contributed by atoms with Crippen molar-refractivity contribution in [3.8, 4) is 0 Å². The largest absolute Gasteiger partial charge is 0.325 e. The fourth-order valence-electron chi connectivity index (χ4n) is 2.84. The molecule has 1 saturated carbocycles. The Morgan fingerprint density at radius 1 is 1.16 bits per heavy atom. The van der Waals surface area contributed by atoms with Gasteiger partial charge in [0.2, 0.25) is 17.7 Å². The summed E-state index contributed by atoms with van der Waals surface area (Å²) in [6, 6.07) is 8.44. The van der Waals surface area contributed by atoms with Crippen molar-refractivity contribution in [3.63, 3.8) is 0 Å². The van der Waals surface area contributed by atoms with Crippen molar-refractivity contribution in [2.45, 2.75) is 25.0 Å². The van der Waals surface area contributed by atoms with Gasteiger partial charge in [0.1, 0.15) is 5.69 Å². The van der Waals surface area contributed by atoms with Crippen molar-refractivity contribution in [1.82, 2.24) is 15.3 Å². The summed E-state index contributed by atoms with van der Waals surface area (Å²) in [6.07, 6.45) is 6.21. The third-order valence-corrected chi connectivity index (χ3v) is 4.42. The molecule has 4 rings (SSSR count). The Bertz CT molecular complexity index is 815. The first kappa shape index (κ1) is 15.6. The standard InChI is InChI=1S/C17H18FN7/c18-14-8-7-12(10-21-14)22-16-23-15(13-6-1-2-9-20-13)24-17(19,25-16)11-4-3-5-11/h1-2,6-11H,3-5,19H2,(H2,22,23,24,25). The van der Waals surface area contributed by atoms with Gasteiger partial charge in [-0.05, 0) is 37.1 Å². The van der Waals surface area contributed by atoms with Crippen molar-refractivity contribution < 1.29 is 4.39 Å². The number of aromatic nitrogens is 2. The lowest BCUT2D eigenvalue weighted by molar-refractivity contribution is 0.179. The van der Waals surface area contributed by atoms with E-state index in [0.717, 1.165) is 19.3 Å². The van der Waals surface area contributed by atoms with Gasteiger partial charge in [0.05, 0.1) is 11.9 Å². The van der Waals surface area contributed by atoms with Crippen LogP contribution in [0.15, 0.2) is 52.7 Å². The highest BCUT2D eigenvalue weighted by Crippen LogP contribution is 2.37. The molecule has 0 aromatic carbocycles. The molecule has 3 heterocycles. The van der Waals surface area contributed by atoms with E-state index in [0.29, 0.717) is 23.2 Å². The van der Waals surface area contributed by atoms with Gasteiger partial charge in [-0.2, -0.15) is 4.39 Å². The van der Waals surface area contributed by atoms with Crippen molar-refractivity contribution in [2.75, 3.05) is 5.32 Å². The molecule has 25 heavy (non-hydrogen) atoms. The van der Waals surface area contributed by atoms with Crippen LogP contribution in [-0.4, -0.2) is 27.5 Å². The predicted octanol–water partition coefficient (Wildman–Crippen LogP) is 1.85. The van der Waals surface area contributed by atoms with E-state index >= 15 is 0 Å². The Kier molecular flexibility index (Phi) is 3.89. The fourth-order valence-corrected chi connectivity index (χ4v) is 2.84. The van der Waals surface area contributed by atoms with E-state index in [1.807, 2.05) is 18.2 Å². The van der Waals surface area contributed by atoms with Gasteiger partial charge in [-0.25, -0.2) is 15.0 Å². The minimum atomic E-state index is -1.04. The van der Waals surface area contributed by atoms with Crippen LogP contribution in [0.5, 0.6) is 0 Å². The molecule has 1 atom stereocenters. The number of hydrogen-bond acceptors (Lipinski definition) is 7. The van der Waals surface area contributed by atoms with Crippen molar-refractivity contribution in [2.24, 2.45) is 21.6 Å². The molecule has 7 nitrogen and oxygen atoms in total. The second-order valence-corrected chi connectivity index (χ2v) is 6.17. The van der Waals surface area contributed by atoms with E-state index in [1.165, 1.54) is 12.3 Å². The van der Waals surface area contributed by atoms with Crippen LogP contribution >= 0.6 is 0 Å². The highest BCUT2D eigenvalue weighted by atomic mass is 19.1. The van der Waals surface area contributed by atoms with E-state index < -0.39 is 11.7 Å². The van der Waals surface area contributed by atoms with Crippen molar-refractivity contribution in [3.05, 3.63) is 54.4 Å². The molecule has 1 unspecified atom stereocenters. The van der Waals surface area contributed by atoms with Crippen LogP contribution in [0.3, 0.4) is 0 Å². The molecule has 1 aliphatic carbocycles. The molecule has 2 aromatic heterocycles. The first-order valence-corrected chi connectivity index (χ1v) is 8.18. The number of pyridine rings is 2. The van der Waals surface area contributed by atoms with Crippen LogP contribution in [0, 0.1) is 11.9 Å². The first-order chi connectivity index (χ1) is 12.1. The SMILES string of the molecule is NC1(C2CCC2)N=C(Nc2ccc(F)nc2)NC(c2ccccn2)=N1. The summed E-state index contributed by atoms with van der Waals surface area (Å²) >= 11 is 0. The van der Waals surface area contributed by atoms with Crippen LogP contribution in [0.25, 0.3) is 0 Å². The Hall–Kier alpha value is -2.87. The molecule has 128 valence electrons. The van der Waals surface area contributed by atoms with Crippen LogP contribution in [0.1, 0.15) is 25.0 Å². The average molecular weight is 339 g/mol. The number of guanidine groups is 1. The van der Waals surface area contributed by atoms with Gasteiger partial charge in [0.25, 0.3) is 0 Å². The Balaban J connectivity index is 1.65. The average Bonchev–Trinajstić information content (AvgIpc) is 2.55. The molecule has 0 radical (unpaired) electrons. The molecule has 2 aliphatic rings. The molecule has 0 saturated heterocycles. The van der Waals surface area contributed by atoms with Gasteiger partial charge in [0.15, 0.2) is 5.84 Å². The molecular formula is C17H18FN7. The maximum absolute atomic E-state index is 13.0. The number of anilines is 1. The molecule has 4 N–H and O–H groups in total. The molecule has 8 heteroatoms. The second-order valence-electron chi connectivity index (χ2n) is 6.17. The molecule has 1 aliphatic heterocycles. The highest BCUT2D eigenvalue weighted by Gasteiger charge is 2.41. The maximum Gasteiger partial charge on any atom is 0.212 e. The summed E-state index contributed by atoms with van der Waals surface area (Å²) in [5.41, 5.74) is 7.79. The van der Waals surface area contributed by atoms with Crippen molar-refractivity contribution in [1.29, 1.82) is 0 Å². The molecule has 0 amide bonds. The fraction of sp³-hybridized carbons (Fsp3) is 0.294. The van der Waals surface area contributed by atoms with Crippen LogP contribution in [0.4, 0.5) is 10.1 Å². The highest BCUT2D eigenvalue weighted by molar-refractivity contribution is 6.12. The number of rotatable bonds is 3. The van der Waals surface area contributed by atoms with Gasteiger partial charge in [-0.3, -0.25) is 10.7 Å². The molecular weight excluding hydrogens is 321 g/mol. The third kappa shape index (κ3) is 3.20. The first-order valence-electron chi connectivity index (χ1n) is 8.18. The summed E-state index contributed by atoms with van der Waals surface area (Å²) in [4.78, 5) is 17.2. The molecule has 2 aromatic rings. The summed E-state index contributed by atoms with van der Waals surface area (Å²) in [6.45, 7) is 0. The zero-order valence-corrected chi connectivity index (χ0v) is 13.5. The lowest BCUT2D eigenvalue weighted by Gasteiger charge is -2.39. The predicted molar refractivity (Wildman–Crippen MR) is 93.4 cm³/mol. The summed E-state index contributed by atoms with van der Waals surface area (Å²) in [5, 5.41) is 6.20. The lowest BCUT2D eigenvalue weighted by atomic mass is 9.80. The van der Waals surface area contributed by atoms with Gasteiger partial charge in [-0.1, -0.05) is 12.5 Å². The van der Waals surface area contributed by atoms with E-state index in [1.54, 1.807) is 12.3 Å². The van der Waals surface area contributed by atoms with E-state index in [4.69, 9.17) is 5.73 Å². The zero-order chi connectivity index (χ0) is 17.3. The van der Waals surface area contributed by atoms with E-state index in [2.05, 4.69) is 30.6 Å². The quantitative estimate of drug-likeness (QED) is 0.741. The summed E-state index contributed by atoms with van der Waals surface area (Å²) < 4.78 is 13.0. The Morgan fingerprint density at radius 3 is 2.68 bits per heavy atom. The van der Waals surface area contributed by atoms with E-state index in [9.17, 15) is 4.39 Å². The number of aliphatic imine (C=N–C) groups is 2. The molecule has 0 spiro atoms. The second kappa shape index (κ2) is 6.21. The van der Waals surface area contributed by atoms with Gasteiger partial charge in [-0.15, -0.1) is 0 Å². The number of nitrogens with one attached hydrogen (secondary N) is 2. The topological polar surface area (TPSA) is 101 Å². The lowest BCUT2D eigenvalue weighted by Crippen LogP contribution is -2.55. The van der Waals surface area contributed by atoms with Gasteiger partial charge in [0, 0.05) is 12.1 Å². The third-order valence-electron chi connectivity index (χ3n) is 4.42. The summed E-state index contributed by atoms with van der Waals surface area (Å²) in [7, 11) is 0. The smallest absolute Gasteiger partial charge is 0.212 e. The van der Waals surface area contributed by atoms with Gasteiger partial charge >= 0.3 is 0 Å². The minimum Gasteiger partial charge on any atom is -0.325 e. The number of hydrogen-bond donors (Lipinski definition) is 3. The van der Waals surface area contributed by atoms with E-state index in [-0.39, 0.29) is 5.92 Å². The minimum absolute atomic E-state index is 0.191. The Morgan fingerprint density at radius 2 is 2.04 bits per heavy atom. The zero-order valence-electron chi connectivity index (χ0n) is 13.5. The monoisotopic (exact) mass is 339 g/mol. The number of nitrogens with zero attached hydrogens (tertiary/aromatic N) is 4. The number of nitrogens with two attached hydrogens (primary N) is 1. The van der Waals surface area contributed by atoms with Crippen LogP contribution in [-0.2, 0) is 0 Å². The van der Waals surface area contributed by atoms with Crippen LogP contribution in [0.2, 0.25) is 0 Å². The van der Waals surface area contributed by atoms with Crippen LogP contribution < -0.4 is 16.4 Å². The number of halogens is 1. The molecule has 1 fully saturated rings. The molecule has 0 bridgehead atoms. The Labute approximate surface area is 144 Å². The summed E-state index contributed by atoms with van der Waals surface area (Å²) in [5.74, 6) is -0.383. The normalized spacial score (nSPS) is 23.1. The maximum atomic E-state index is 13.0. The number of amidine groups is 1.